The summed E-state index contributed by atoms with van der Waals surface area (Å²) in [6.45, 7) is 2.14. The van der Waals surface area contributed by atoms with Gasteiger partial charge in [-0.05, 0) is 30.0 Å². The largest absolute Gasteiger partial charge is 0.395 e. The number of rotatable bonds is 5. The number of anilines is 2. The molecule has 2 nitrogen and oxygen atoms in total. The Balaban J connectivity index is 2.21. The molecule has 0 saturated carbocycles. The molecule has 0 aliphatic heterocycles. The molecule has 1 unspecified atom stereocenters. The molecule has 0 amide bonds. The van der Waals surface area contributed by atoms with E-state index in [0.717, 1.165) is 12.8 Å². The van der Waals surface area contributed by atoms with Crippen LogP contribution < -0.4 is 11.1 Å². The Hall–Kier alpha value is -1.55. The molecular weight excluding hydrogens is 247 g/mol. The van der Waals surface area contributed by atoms with Gasteiger partial charge in [-0.1, -0.05) is 25.5 Å². The highest BCUT2D eigenvalue weighted by Gasteiger charge is 2.13. The first kappa shape index (κ1) is 12.9. The summed E-state index contributed by atoms with van der Waals surface area (Å²) in [4.78, 5) is 1.25. The zero-order valence-electron chi connectivity index (χ0n) is 10.3. The molecule has 1 heterocycles. The average Bonchev–Trinajstić information content (AvgIpc) is 2.88. The van der Waals surface area contributed by atoms with Gasteiger partial charge in [-0.25, -0.2) is 4.39 Å². The van der Waals surface area contributed by atoms with Gasteiger partial charge in [0, 0.05) is 4.88 Å². The molecule has 0 saturated heterocycles. The Kier molecular flexibility index (Phi) is 4.20. The van der Waals surface area contributed by atoms with Gasteiger partial charge in [0.25, 0.3) is 0 Å². The normalized spacial score (nSPS) is 12.3. The van der Waals surface area contributed by atoms with Crippen LogP contribution in [0.25, 0.3) is 0 Å². The van der Waals surface area contributed by atoms with E-state index in [1.165, 1.54) is 10.9 Å². The highest BCUT2D eigenvalue weighted by atomic mass is 32.1. The lowest BCUT2D eigenvalue weighted by Crippen LogP contribution is -2.11. The standard InChI is InChI=1S/C14H17FN2S/c1-2-5-11(13-8-4-9-18-13)17-12-7-3-6-10(15)14(12)16/h3-4,6-9,11,17H,2,5,16H2,1H3. The molecule has 96 valence electrons. The molecule has 0 aliphatic carbocycles. The summed E-state index contributed by atoms with van der Waals surface area (Å²) in [6.07, 6.45) is 2.06. The zero-order chi connectivity index (χ0) is 13.0. The van der Waals surface area contributed by atoms with Crippen molar-refractivity contribution in [1.82, 2.24) is 0 Å². The highest BCUT2D eigenvalue weighted by Crippen LogP contribution is 2.30. The van der Waals surface area contributed by atoms with Crippen molar-refractivity contribution < 1.29 is 4.39 Å². The van der Waals surface area contributed by atoms with Crippen LogP contribution >= 0.6 is 11.3 Å². The van der Waals surface area contributed by atoms with E-state index in [1.807, 2.05) is 12.1 Å². The number of nitrogens with one attached hydrogen (secondary N) is 1. The van der Waals surface area contributed by atoms with Crippen molar-refractivity contribution in [1.29, 1.82) is 0 Å². The molecule has 1 aromatic carbocycles. The molecule has 1 atom stereocenters. The molecular formula is C14H17FN2S. The van der Waals surface area contributed by atoms with E-state index in [9.17, 15) is 4.39 Å². The summed E-state index contributed by atoms with van der Waals surface area (Å²) in [6, 6.07) is 9.17. The number of nitrogen functional groups attached to an aromatic ring is 1. The maximum atomic E-state index is 13.4. The second kappa shape index (κ2) is 5.87. The monoisotopic (exact) mass is 264 g/mol. The molecule has 0 radical (unpaired) electrons. The molecule has 3 N–H and O–H groups in total. The molecule has 1 aromatic heterocycles. The Morgan fingerprint density at radius 2 is 2.17 bits per heavy atom. The van der Waals surface area contributed by atoms with Crippen molar-refractivity contribution in [2.45, 2.75) is 25.8 Å². The fourth-order valence-electron chi connectivity index (χ4n) is 1.91. The van der Waals surface area contributed by atoms with E-state index in [4.69, 9.17) is 5.73 Å². The number of benzene rings is 1. The third-order valence-corrected chi connectivity index (χ3v) is 3.83. The smallest absolute Gasteiger partial charge is 0.148 e. The predicted molar refractivity (Wildman–Crippen MR) is 76.4 cm³/mol. The summed E-state index contributed by atoms with van der Waals surface area (Å²) >= 11 is 1.70. The third-order valence-electron chi connectivity index (χ3n) is 2.85. The van der Waals surface area contributed by atoms with Gasteiger partial charge in [0.05, 0.1) is 17.4 Å². The fourth-order valence-corrected chi connectivity index (χ4v) is 2.73. The van der Waals surface area contributed by atoms with E-state index < -0.39 is 0 Å². The second-order valence-corrected chi connectivity index (χ2v) is 5.18. The summed E-state index contributed by atoms with van der Waals surface area (Å²) in [5.41, 5.74) is 6.60. The van der Waals surface area contributed by atoms with Crippen LogP contribution in [0.15, 0.2) is 35.7 Å². The van der Waals surface area contributed by atoms with Crippen LogP contribution in [-0.2, 0) is 0 Å². The van der Waals surface area contributed by atoms with Crippen molar-refractivity contribution >= 4 is 22.7 Å². The lowest BCUT2D eigenvalue weighted by molar-refractivity contribution is 0.631. The Morgan fingerprint density at radius 3 is 2.83 bits per heavy atom. The summed E-state index contributed by atoms with van der Waals surface area (Å²) in [5, 5.41) is 5.39. The number of hydrogen-bond acceptors (Lipinski definition) is 3. The molecule has 18 heavy (non-hydrogen) atoms. The number of hydrogen-bond donors (Lipinski definition) is 2. The van der Waals surface area contributed by atoms with Gasteiger partial charge < -0.3 is 11.1 Å². The van der Waals surface area contributed by atoms with Crippen molar-refractivity contribution in [2.24, 2.45) is 0 Å². The summed E-state index contributed by atoms with van der Waals surface area (Å²) in [7, 11) is 0. The summed E-state index contributed by atoms with van der Waals surface area (Å²) < 4.78 is 13.4. The fraction of sp³-hybridized carbons (Fsp3) is 0.286. The lowest BCUT2D eigenvalue weighted by atomic mass is 10.1. The molecule has 0 spiro atoms. The van der Waals surface area contributed by atoms with Crippen LogP contribution in [0.5, 0.6) is 0 Å². The van der Waals surface area contributed by atoms with Crippen LogP contribution in [-0.4, -0.2) is 0 Å². The minimum absolute atomic E-state index is 0.190. The second-order valence-electron chi connectivity index (χ2n) is 4.20. The van der Waals surface area contributed by atoms with Crippen molar-refractivity contribution in [3.63, 3.8) is 0 Å². The van der Waals surface area contributed by atoms with Gasteiger partial charge in [-0.3, -0.25) is 0 Å². The van der Waals surface area contributed by atoms with Crippen LogP contribution in [0.2, 0.25) is 0 Å². The molecule has 4 heteroatoms. The summed E-state index contributed by atoms with van der Waals surface area (Å²) in [5.74, 6) is -0.374. The Labute approximate surface area is 111 Å². The van der Waals surface area contributed by atoms with Gasteiger partial charge in [0.15, 0.2) is 0 Å². The van der Waals surface area contributed by atoms with Gasteiger partial charge >= 0.3 is 0 Å². The van der Waals surface area contributed by atoms with E-state index in [2.05, 4.69) is 23.7 Å². The van der Waals surface area contributed by atoms with Crippen LogP contribution in [0.3, 0.4) is 0 Å². The van der Waals surface area contributed by atoms with Gasteiger partial charge in [0.1, 0.15) is 5.82 Å². The number of halogens is 1. The predicted octanol–water partition coefficient (Wildman–Crippen LogP) is 4.42. The maximum Gasteiger partial charge on any atom is 0.148 e. The molecule has 0 fully saturated rings. The van der Waals surface area contributed by atoms with Gasteiger partial charge in [-0.15, -0.1) is 11.3 Å². The molecule has 0 aliphatic rings. The van der Waals surface area contributed by atoms with Crippen molar-refractivity contribution in [2.75, 3.05) is 11.1 Å². The van der Waals surface area contributed by atoms with Crippen LogP contribution in [0, 0.1) is 5.82 Å². The number of nitrogens with two attached hydrogens (primary N) is 1. The first-order chi connectivity index (χ1) is 8.72. The first-order valence-corrected chi connectivity index (χ1v) is 6.94. The number of thiophene rings is 1. The molecule has 0 bridgehead atoms. The van der Waals surface area contributed by atoms with Crippen molar-refractivity contribution in [3.8, 4) is 0 Å². The minimum Gasteiger partial charge on any atom is -0.395 e. The number of para-hydroxylation sites is 1. The Bertz CT molecular complexity index is 497. The highest BCUT2D eigenvalue weighted by molar-refractivity contribution is 7.10. The molecule has 2 rings (SSSR count). The molecule has 2 aromatic rings. The zero-order valence-corrected chi connectivity index (χ0v) is 11.1. The van der Waals surface area contributed by atoms with E-state index in [-0.39, 0.29) is 17.5 Å². The minimum atomic E-state index is -0.374. The van der Waals surface area contributed by atoms with Gasteiger partial charge in [-0.2, -0.15) is 0 Å². The van der Waals surface area contributed by atoms with Crippen molar-refractivity contribution in [3.05, 3.63) is 46.4 Å². The SMILES string of the molecule is CCCC(Nc1cccc(F)c1N)c1cccs1. The first-order valence-electron chi connectivity index (χ1n) is 6.06. The van der Waals surface area contributed by atoms with E-state index >= 15 is 0 Å². The van der Waals surface area contributed by atoms with Crippen LogP contribution in [0.1, 0.15) is 30.7 Å². The maximum absolute atomic E-state index is 13.4. The third kappa shape index (κ3) is 2.82. The van der Waals surface area contributed by atoms with E-state index in [1.54, 1.807) is 17.4 Å². The average molecular weight is 264 g/mol. The van der Waals surface area contributed by atoms with E-state index in [0.29, 0.717) is 5.69 Å². The Morgan fingerprint density at radius 1 is 1.33 bits per heavy atom. The quantitative estimate of drug-likeness (QED) is 0.784. The topological polar surface area (TPSA) is 38.0 Å². The van der Waals surface area contributed by atoms with Crippen LogP contribution in [0.4, 0.5) is 15.8 Å². The van der Waals surface area contributed by atoms with Gasteiger partial charge in [0.2, 0.25) is 0 Å². The lowest BCUT2D eigenvalue weighted by Gasteiger charge is -2.19.